The second kappa shape index (κ2) is 5.78. The van der Waals surface area contributed by atoms with Crippen LogP contribution in [0, 0.1) is 6.92 Å². The highest BCUT2D eigenvalue weighted by Gasteiger charge is 2.06. The van der Waals surface area contributed by atoms with E-state index in [0.717, 1.165) is 15.7 Å². The number of pyridine rings is 1. The molecular weight excluding hydrogens is 292 g/mol. The number of aryl methyl sites for hydroxylation is 1. The van der Waals surface area contributed by atoms with Gasteiger partial charge >= 0.3 is 0 Å². The molecule has 0 fully saturated rings. The van der Waals surface area contributed by atoms with E-state index in [4.69, 9.17) is 0 Å². The van der Waals surface area contributed by atoms with Gasteiger partial charge < -0.3 is 5.32 Å². The largest absolute Gasteiger partial charge is 0.346 e. The Hall–Kier alpha value is -1.68. The number of carbonyl (C=O) groups is 1. The van der Waals surface area contributed by atoms with Crippen molar-refractivity contribution in [2.45, 2.75) is 13.5 Å². The Labute approximate surface area is 114 Å². The van der Waals surface area contributed by atoms with Crippen molar-refractivity contribution in [2.75, 3.05) is 0 Å². The summed E-state index contributed by atoms with van der Waals surface area (Å²) >= 11 is 3.38. The highest BCUT2D eigenvalue weighted by Crippen LogP contribution is 2.15. The van der Waals surface area contributed by atoms with Gasteiger partial charge in [0.2, 0.25) is 0 Å². The molecular formula is C14H13BrN2O. The number of aromatic nitrogens is 1. The van der Waals surface area contributed by atoms with Gasteiger partial charge in [0.25, 0.3) is 5.91 Å². The van der Waals surface area contributed by atoms with Crippen LogP contribution >= 0.6 is 15.9 Å². The van der Waals surface area contributed by atoms with Crippen LogP contribution in [0.2, 0.25) is 0 Å². The predicted molar refractivity (Wildman–Crippen MR) is 74.3 cm³/mol. The van der Waals surface area contributed by atoms with Crippen molar-refractivity contribution in [2.24, 2.45) is 0 Å². The first-order chi connectivity index (χ1) is 8.65. The van der Waals surface area contributed by atoms with E-state index in [1.54, 1.807) is 12.3 Å². The molecule has 0 bridgehead atoms. The van der Waals surface area contributed by atoms with Gasteiger partial charge in [0.05, 0.1) is 12.2 Å². The number of nitrogens with one attached hydrogen (secondary N) is 1. The van der Waals surface area contributed by atoms with Gasteiger partial charge in [0, 0.05) is 16.2 Å². The van der Waals surface area contributed by atoms with Crippen molar-refractivity contribution < 1.29 is 4.79 Å². The Morgan fingerprint density at radius 2 is 2.17 bits per heavy atom. The summed E-state index contributed by atoms with van der Waals surface area (Å²) in [5, 5.41) is 2.85. The number of nitrogens with zero attached hydrogens (tertiary/aromatic N) is 1. The van der Waals surface area contributed by atoms with Crippen molar-refractivity contribution in [3.05, 3.63) is 63.9 Å². The van der Waals surface area contributed by atoms with Gasteiger partial charge in [-0.2, -0.15) is 0 Å². The molecule has 0 saturated carbocycles. The first-order valence-corrected chi connectivity index (χ1v) is 6.40. The van der Waals surface area contributed by atoms with Crippen molar-refractivity contribution in [1.82, 2.24) is 10.3 Å². The van der Waals surface area contributed by atoms with Crippen molar-refractivity contribution in [3.8, 4) is 0 Å². The fraction of sp³-hybridized carbons (Fsp3) is 0.143. The maximum absolute atomic E-state index is 12.0. The summed E-state index contributed by atoms with van der Waals surface area (Å²) in [5.74, 6) is -0.0925. The van der Waals surface area contributed by atoms with E-state index in [2.05, 4.69) is 26.2 Å². The van der Waals surface area contributed by atoms with Crippen LogP contribution in [-0.2, 0) is 6.54 Å². The molecule has 18 heavy (non-hydrogen) atoms. The minimum Gasteiger partial charge on any atom is -0.346 e. The molecule has 0 radical (unpaired) electrons. The zero-order chi connectivity index (χ0) is 13.0. The van der Waals surface area contributed by atoms with Crippen molar-refractivity contribution in [1.29, 1.82) is 0 Å². The van der Waals surface area contributed by atoms with E-state index in [-0.39, 0.29) is 5.91 Å². The van der Waals surface area contributed by atoms with Crippen molar-refractivity contribution in [3.63, 3.8) is 0 Å². The van der Waals surface area contributed by atoms with Crippen LogP contribution in [-0.4, -0.2) is 10.9 Å². The lowest BCUT2D eigenvalue weighted by atomic mass is 10.1. The van der Waals surface area contributed by atoms with E-state index in [1.807, 2.05) is 37.3 Å². The molecule has 1 heterocycles. The van der Waals surface area contributed by atoms with E-state index in [0.29, 0.717) is 12.1 Å². The zero-order valence-electron chi connectivity index (χ0n) is 9.98. The number of carbonyl (C=O) groups excluding carboxylic acids is 1. The molecule has 1 aromatic heterocycles. The number of benzene rings is 1. The quantitative estimate of drug-likeness (QED) is 0.947. The van der Waals surface area contributed by atoms with Gasteiger partial charge in [-0.3, -0.25) is 9.78 Å². The maximum atomic E-state index is 12.0. The monoisotopic (exact) mass is 304 g/mol. The first kappa shape index (κ1) is 12.8. The summed E-state index contributed by atoms with van der Waals surface area (Å²) in [7, 11) is 0. The lowest BCUT2D eigenvalue weighted by Crippen LogP contribution is -2.23. The Morgan fingerprint density at radius 1 is 1.33 bits per heavy atom. The zero-order valence-corrected chi connectivity index (χ0v) is 11.6. The van der Waals surface area contributed by atoms with Gasteiger partial charge in [-0.1, -0.05) is 22.0 Å². The fourth-order valence-electron chi connectivity index (χ4n) is 1.64. The van der Waals surface area contributed by atoms with Gasteiger partial charge in [0.1, 0.15) is 0 Å². The van der Waals surface area contributed by atoms with E-state index in [9.17, 15) is 4.79 Å². The smallest absolute Gasteiger partial charge is 0.251 e. The number of amides is 1. The average Bonchev–Trinajstić information content (AvgIpc) is 2.36. The molecule has 0 aliphatic rings. The van der Waals surface area contributed by atoms with Gasteiger partial charge in [-0.25, -0.2) is 0 Å². The minimum atomic E-state index is -0.0925. The summed E-state index contributed by atoms with van der Waals surface area (Å²) in [4.78, 5) is 16.1. The Balaban J connectivity index is 2.04. The molecule has 92 valence electrons. The van der Waals surface area contributed by atoms with Crippen LogP contribution in [0.3, 0.4) is 0 Å². The van der Waals surface area contributed by atoms with Gasteiger partial charge in [0.15, 0.2) is 0 Å². The summed E-state index contributed by atoms with van der Waals surface area (Å²) < 4.78 is 0.908. The molecule has 0 unspecified atom stereocenters. The van der Waals surface area contributed by atoms with Crippen LogP contribution in [0.25, 0.3) is 0 Å². The number of halogens is 1. The molecule has 1 N–H and O–H groups in total. The molecule has 0 aliphatic heterocycles. The molecule has 2 rings (SSSR count). The van der Waals surface area contributed by atoms with Gasteiger partial charge in [-0.05, 0) is 42.8 Å². The van der Waals surface area contributed by atoms with Crippen LogP contribution in [0.5, 0.6) is 0 Å². The summed E-state index contributed by atoms with van der Waals surface area (Å²) in [6.45, 7) is 2.39. The van der Waals surface area contributed by atoms with E-state index < -0.39 is 0 Å². The topological polar surface area (TPSA) is 42.0 Å². The number of hydrogen-bond donors (Lipinski definition) is 1. The molecule has 0 aliphatic carbocycles. The summed E-state index contributed by atoms with van der Waals surface area (Å²) in [6, 6.07) is 11.3. The minimum absolute atomic E-state index is 0.0925. The second-order valence-electron chi connectivity index (χ2n) is 4.02. The van der Waals surface area contributed by atoms with Crippen LogP contribution in [0.15, 0.2) is 47.1 Å². The predicted octanol–water partition coefficient (Wildman–Crippen LogP) is 3.08. The van der Waals surface area contributed by atoms with Crippen molar-refractivity contribution >= 4 is 21.8 Å². The normalized spacial score (nSPS) is 10.1. The van der Waals surface area contributed by atoms with E-state index in [1.165, 1.54) is 0 Å². The Morgan fingerprint density at radius 3 is 2.83 bits per heavy atom. The molecule has 4 heteroatoms. The van der Waals surface area contributed by atoms with E-state index >= 15 is 0 Å². The number of hydrogen-bond acceptors (Lipinski definition) is 2. The molecule has 0 spiro atoms. The molecule has 0 saturated heterocycles. The first-order valence-electron chi connectivity index (χ1n) is 5.60. The molecule has 1 amide bonds. The molecule has 0 atom stereocenters. The lowest BCUT2D eigenvalue weighted by Gasteiger charge is -2.06. The number of rotatable bonds is 3. The fourth-order valence-corrected chi connectivity index (χ4v) is 2.25. The van der Waals surface area contributed by atoms with Crippen LogP contribution in [0.4, 0.5) is 0 Å². The van der Waals surface area contributed by atoms with Crippen LogP contribution in [0.1, 0.15) is 21.6 Å². The Kier molecular flexibility index (Phi) is 4.10. The van der Waals surface area contributed by atoms with Gasteiger partial charge in [-0.15, -0.1) is 0 Å². The maximum Gasteiger partial charge on any atom is 0.251 e. The second-order valence-corrected chi connectivity index (χ2v) is 4.94. The third kappa shape index (κ3) is 3.40. The lowest BCUT2D eigenvalue weighted by molar-refractivity contribution is 0.0950. The average molecular weight is 305 g/mol. The van der Waals surface area contributed by atoms with Crippen LogP contribution < -0.4 is 5.32 Å². The standard InChI is InChI=1S/C14H13BrN2O/c1-10-6-11(8-12(15)7-10)14(18)17-9-13-4-2-3-5-16-13/h2-8H,9H2,1H3,(H,17,18). The molecule has 1 aromatic carbocycles. The third-order valence-electron chi connectivity index (χ3n) is 2.46. The summed E-state index contributed by atoms with van der Waals surface area (Å²) in [6.07, 6.45) is 1.71. The third-order valence-corrected chi connectivity index (χ3v) is 2.92. The Bertz CT molecular complexity index is 535. The summed E-state index contributed by atoms with van der Waals surface area (Å²) in [5.41, 5.74) is 2.54. The molecule has 2 aromatic rings. The highest BCUT2D eigenvalue weighted by atomic mass is 79.9. The molecule has 3 nitrogen and oxygen atoms in total. The SMILES string of the molecule is Cc1cc(Br)cc(C(=O)NCc2ccccn2)c1. The highest BCUT2D eigenvalue weighted by molar-refractivity contribution is 9.10.